The van der Waals surface area contributed by atoms with Gasteiger partial charge in [-0.15, -0.1) is 24.8 Å². The van der Waals surface area contributed by atoms with Gasteiger partial charge in [0.25, 0.3) is 0 Å². The van der Waals surface area contributed by atoms with Crippen LogP contribution in [-0.2, 0) is 0 Å². The molecule has 0 spiro atoms. The predicted molar refractivity (Wildman–Crippen MR) is 63.9 cm³/mol. The Morgan fingerprint density at radius 3 is 1.92 bits per heavy atom. The molecular formula is C9H16Cl2N2. The summed E-state index contributed by atoms with van der Waals surface area (Å²) in [5.74, 6) is 0.512. The van der Waals surface area contributed by atoms with E-state index in [0.29, 0.717) is 17.3 Å². The standard InChI is InChI=1S/C9H14N2.2ClH/c1-6(2)7-3-4-8(10)9(11)5-7;;/h3-6H,10-11H2,1-2H3;2*1H. The first kappa shape index (κ1) is 14.9. The molecule has 0 radical (unpaired) electrons. The Morgan fingerprint density at radius 2 is 1.54 bits per heavy atom. The van der Waals surface area contributed by atoms with Crippen molar-refractivity contribution < 1.29 is 0 Å². The molecule has 0 unspecified atom stereocenters. The summed E-state index contributed by atoms with van der Waals surface area (Å²) in [5, 5.41) is 0. The molecule has 0 fully saturated rings. The molecule has 0 heterocycles. The first-order valence-corrected chi connectivity index (χ1v) is 3.76. The zero-order valence-corrected chi connectivity index (χ0v) is 9.41. The van der Waals surface area contributed by atoms with E-state index in [4.69, 9.17) is 11.5 Å². The second-order valence-electron chi connectivity index (χ2n) is 3.04. The topological polar surface area (TPSA) is 52.0 Å². The smallest absolute Gasteiger partial charge is 0.0550 e. The van der Waals surface area contributed by atoms with Crippen LogP contribution in [0.2, 0.25) is 0 Å². The summed E-state index contributed by atoms with van der Waals surface area (Å²) in [5.41, 5.74) is 13.8. The van der Waals surface area contributed by atoms with Crippen LogP contribution in [0, 0.1) is 0 Å². The van der Waals surface area contributed by atoms with Crippen LogP contribution in [0.4, 0.5) is 11.4 Å². The van der Waals surface area contributed by atoms with Gasteiger partial charge in [-0.05, 0) is 23.6 Å². The average molecular weight is 223 g/mol. The number of hydrogen-bond acceptors (Lipinski definition) is 2. The molecule has 1 rings (SSSR count). The molecule has 0 amide bonds. The number of hydrogen-bond donors (Lipinski definition) is 2. The zero-order valence-electron chi connectivity index (χ0n) is 7.78. The average Bonchev–Trinajstić information content (AvgIpc) is 1.94. The van der Waals surface area contributed by atoms with Gasteiger partial charge in [-0.25, -0.2) is 0 Å². The third-order valence-corrected chi connectivity index (χ3v) is 1.78. The lowest BCUT2D eigenvalue weighted by molar-refractivity contribution is 0.867. The van der Waals surface area contributed by atoms with Crippen molar-refractivity contribution >= 4 is 36.2 Å². The molecule has 0 bridgehead atoms. The van der Waals surface area contributed by atoms with Crippen LogP contribution in [-0.4, -0.2) is 0 Å². The lowest BCUT2D eigenvalue weighted by Gasteiger charge is -2.07. The van der Waals surface area contributed by atoms with E-state index in [0.717, 1.165) is 0 Å². The third-order valence-electron chi connectivity index (χ3n) is 1.78. The molecule has 0 aliphatic carbocycles. The van der Waals surface area contributed by atoms with E-state index >= 15 is 0 Å². The zero-order chi connectivity index (χ0) is 8.43. The number of nitrogens with two attached hydrogens (primary N) is 2. The van der Waals surface area contributed by atoms with E-state index in [2.05, 4.69) is 13.8 Å². The summed E-state index contributed by atoms with van der Waals surface area (Å²) >= 11 is 0. The fourth-order valence-electron chi connectivity index (χ4n) is 0.952. The van der Waals surface area contributed by atoms with Crippen molar-refractivity contribution in [2.75, 3.05) is 11.5 Å². The largest absolute Gasteiger partial charge is 0.397 e. The Balaban J connectivity index is 0. The van der Waals surface area contributed by atoms with E-state index < -0.39 is 0 Å². The van der Waals surface area contributed by atoms with Crippen molar-refractivity contribution in [1.82, 2.24) is 0 Å². The highest BCUT2D eigenvalue weighted by Gasteiger charge is 2.00. The quantitative estimate of drug-likeness (QED) is 0.719. The number of halogens is 2. The normalized spacial score (nSPS) is 8.85. The van der Waals surface area contributed by atoms with Crippen LogP contribution in [0.3, 0.4) is 0 Å². The minimum atomic E-state index is 0. The summed E-state index contributed by atoms with van der Waals surface area (Å²) in [7, 11) is 0. The van der Waals surface area contributed by atoms with Crippen molar-refractivity contribution in [1.29, 1.82) is 0 Å². The minimum absolute atomic E-state index is 0. The maximum atomic E-state index is 5.63. The molecule has 0 atom stereocenters. The van der Waals surface area contributed by atoms with Gasteiger partial charge in [0.1, 0.15) is 0 Å². The first-order valence-electron chi connectivity index (χ1n) is 3.76. The van der Waals surface area contributed by atoms with Crippen molar-refractivity contribution in [2.24, 2.45) is 0 Å². The molecule has 13 heavy (non-hydrogen) atoms. The predicted octanol–water partition coefficient (Wildman–Crippen LogP) is 2.82. The summed E-state index contributed by atoms with van der Waals surface area (Å²) in [4.78, 5) is 0. The highest BCUT2D eigenvalue weighted by Crippen LogP contribution is 2.21. The van der Waals surface area contributed by atoms with Crippen molar-refractivity contribution in [3.8, 4) is 0 Å². The number of rotatable bonds is 1. The molecule has 1 aromatic carbocycles. The van der Waals surface area contributed by atoms with Crippen LogP contribution in [0.1, 0.15) is 25.3 Å². The molecule has 4 N–H and O–H groups in total. The molecule has 2 nitrogen and oxygen atoms in total. The first-order chi connectivity index (χ1) is 5.11. The number of nitrogen functional groups attached to an aromatic ring is 2. The van der Waals surface area contributed by atoms with E-state index in [-0.39, 0.29) is 24.8 Å². The van der Waals surface area contributed by atoms with Crippen LogP contribution in [0.15, 0.2) is 18.2 Å². The summed E-state index contributed by atoms with van der Waals surface area (Å²) in [6.45, 7) is 4.26. The lowest BCUT2D eigenvalue weighted by Crippen LogP contribution is -1.96. The monoisotopic (exact) mass is 222 g/mol. The minimum Gasteiger partial charge on any atom is -0.397 e. The van der Waals surface area contributed by atoms with Gasteiger partial charge in [0, 0.05) is 0 Å². The Hall–Kier alpha value is -0.600. The van der Waals surface area contributed by atoms with Crippen molar-refractivity contribution in [2.45, 2.75) is 19.8 Å². The summed E-state index contributed by atoms with van der Waals surface area (Å²) in [6, 6.07) is 5.79. The maximum Gasteiger partial charge on any atom is 0.0550 e. The molecular weight excluding hydrogens is 207 g/mol. The van der Waals surface area contributed by atoms with Gasteiger partial charge < -0.3 is 11.5 Å². The second-order valence-corrected chi connectivity index (χ2v) is 3.04. The Bertz CT molecular complexity index is 262. The van der Waals surface area contributed by atoms with Gasteiger partial charge in [0.15, 0.2) is 0 Å². The van der Waals surface area contributed by atoms with E-state index in [9.17, 15) is 0 Å². The molecule has 4 heteroatoms. The highest BCUT2D eigenvalue weighted by atomic mass is 35.5. The van der Waals surface area contributed by atoms with Crippen LogP contribution in [0.25, 0.3) is 0 Å². The highest BCUT2D eigenvalue weighted by molar-refractivity contribution is 5.85. The summed E-state index contributed by atoms with van der Waals surface area (Å²) in [6.07, 6.45) is 0. The van der Waals surface area contributed by atoms with E-state index in [1.54, 1.807) is 0 Å². The Kier molecular flexibility index (Phi) is 6.82. The van der Waals surface area contributed by atoms with Gasteiger partial charge >= 0.3 is 0 Å². The van der Waals surface area contributed by atoms with E-state index in [1.807, 2.05) is 18.2 Å². The molecule has 0 saturated carbocycles. The Morgan fingerprint density at radius 1 is 1.00 bits per heavy atom. The molecule has 0 aliphatic rings. The fraction of sp³-hybridized carbons (Fsp3) is 0.333. The lowest BCUT2D eigenvalue weighted by atomic mass is 10.0. The molecule has 0 saturated heterocycles. The van der Waals surface area contributed by atoms with Gasteiger partial charge in [-0.1, -0.05) is 19.9 Å². The Labute approximate surface area is 91.5 Å². The second kappa shape index (κ2) is 5.95. The molecule has 0 aromatic heterocycles. The number of anilines is 2. The number of benzene rings is 1. The fourth-order valence-corrected chi connectivity index (χ4v) is 0.952. The van der Waals surface area contributed by atoms with Crippen molar-refractivity contribution in [3.05, 3.63) is 23.8 Å². The molecule has 76 valence electrons. The maximum absolute atomic E-state index is 5.63. The molecule has 0 aliphatic heterocycles. The van der Waals surface area contributed by atoms with Gasteiger partial charge in [0.2, 0.25) is 0 Å². The van der Waals surface area contributed by atoms with Crippen LogP contribution < -0.4 is 11.5 Å². The van der Waals surface area contributed by atoms with Crippen LogP contribution in [0.5, 0.6) is 0 Å². The van der Waals surface area contributed by atoms with Gasteiger partial charge in [-0.2, -0.15) is 0 Å². The third kappa shape index (κ3) is 3.75. The SMILES string of the molecule is CC(C)c1ccc(N)c(N)c1.Cl.Cl. The van der Waals surface area contributed by atoms with Crippen molar-refractivity contribution in [3.63, 3.8) is 0 Å². The van der Waals surface area contributed by atoms with Gasteiger partial charge in [0.05, 0.1) is 11.4 Å². The van der Waals surface area contributed by atoms with Gasteiger partial charge in [-0.3, -0.25) is 0 Å². The molecule has 1 aromatic rings. The van der Waals surface area contributed by atoms with E-state index in [1.165, 1.54) is 5.56 Å². The summed E-state index contributed by atoms with van der Waals surface area (Å²) < 4.78 is 0. The van der Waals surface area contributed by atoms with Crippen LogP contribution >= 0.6 is 24.8 Å².